The maximum atomic E-state index is 12.7. The number of fused-ring (bicyclic) bond motifs is 1. The lowest BCUT2D eigenvalue weighted by atomic mass is 10.2. The maximum Gasteiger partial charge on any atom is 0.275 e. The molecule has 7 nitrogen and oxygen atoms in total. The van der Waals surface area contributed by atoms with Crippen LogP contribution in [0.5, 0.6) is 0 Å². The molecule has 0 spiro atoms. The highest BCUT2D eigenvalue weighted by Crippen LogP contribution is 2.29. The molecule has 0 bridgehead atoms. The molecular formula is C20H14N4O3S. The average Bonchev–Trinajstić information content (AvgIpc) is 3.45. The summed E-state index contributed by atoms with van der Waals surface area (Å²) in [7, 11) is 0. The molecule has 4 aromatic heterocycles. The van der Waals surface area contributed by atoms with Gasteiger partial charge in [-0.15, -0.1) is 11.3 Å². The van der Waals surface area contributed by atoms with Crippen LogP contribution in [0.4, 0.5) is 5.69 Å². The summed E-state index contributed by atoms with van der Waals surface area (Å²) in [5.41, 5.74) is 2.63. The van der Waals surface area contributed by atoms with Gasteiger partial charge in [0, 0.05) is 10.6 Å². The van der Waals surface area contributed by atoms with Gasteiger partial charge in [-0.2, -0.15) is 0 Å². The number of hydrogen-bond acceptors (Lipinski definition) is 6. The van der Waals surface area contributed by atoms with Crippen molar-refractivity contribution < 1.29 is 13.6 Å². The number of H-pyrrole nitrogens is 1. The molecule has 1 amide bonds. The van der Waals surface area contributed by atoms with Gasteiger partial charge in [-0.25, -0.2) is 9.97 Å². The molecule has 28 heavy (non-hydrogen) atoms. The molecule has 4 heterocycles. The van der Waals surface area contributed by atoms with E-state index in [1.807, 2.05) is 37.3 Å². The molecule has 138 valence electrons. The minimum Gasteiger partial charge on any atom is -0.462 e. The predicted octanol–water partition coefficient (Wildman–Crippen LogP) is 5.10. The van der Waals surface area contributed by atoms with Crippen molar-refractivity contribution >= 4 is 34.0 Å². The number of hydrogen-bond donors (Lipinski definition) is 2. The van der Waals surface area contributed by atoms with Gasteiger partial charge < -0.3 is 19.1 Å². The largest absolute Gasteiger partial charge is 0.462 e. The number of aryl methyl sites for hydroxylation is 1. The third kappa shape index (κ3) is 2.89. The van der Waals surface area contributed by atoms with Gasteiger partial charge >= 0.3 is 0 Å². The van der Waals surface area contributed by atoms with Gasteiger partial charge in [-0.05, 0) is 49.4 Å². The van der Waals surface area contributed by atoms with Crippen LogP contribution in [0.3, 0.4) is 0 Å². The summed E-state index contributed by atoms with van der Waals surface area (Å²) in [5.74, 6) is 1.68. The molecule has 0 fully saturated rings. The van der Waals surface area contributed by atoms with E-state index in [9.17, 15) is 4.79 Å². The van der Waals surface area contributed by atoms with E-state index in [1.54, 1.807) is 24.7 Å². The Balaban J connectivity index is 1.41. The van der Waals surface area contributed by atoms with Crippen LogP contribution >= 0.6 is 11.3 Å². The highest BCUT2D eigenvalue weighted by molar-refractivity contribution is 7.15. The summed E-state index contributed by atoms with van der Waals surface area (Å²) in [6.45, 7) is 1.87. The lowest BCUT2D eigenvalue weighted by Gasteiger charge is -2.03. The first-order valence-corrected chi connectivity index (χ1v) is 9.35. The second kappa shape index (κ2) is 6.50. The fraction of sp³-hybridized carbons (Fsp3) is 0.0500. The van der Waals surface area contributed by atoms with Crippen molar-refractivity contribution in [3.05, 3.63) is 65.6 Å². The van der Waals surface area contributed by atoms with Gasteiger partial charge in [-0.3, -0.25) is 4.79 Å². The lowest BCUT2D eigenvalue weighted by Crippen LogP contribution is -2.13. The zero-order chi connectivity index (χ0) is 19.1. The first-order chi connectivity index (χ1) is 13.7. The molecule has 5 rings (SSSR count). The number of aromatic nitrogens is 3. The predicted molar refractivity (Wildman–Crippen MR) is 106 cm³/mol. The van der Waals surface area contributed by atoms with Gasteiger partial charge in [0.1, 0.15) is 5.69 Å². The summed E-state index contributed by atoms with van der Waals surface area (Å²) >= 11 is 1.42. The second-order valence-corrected chi connectivity index (χ2v) is 7.35. The average molecular weight is 390 g/mol. The fourth-order valence-electron chi connectivity index (χ4n) is 2.92. The quantitative estimate of drug-likeness (QED) is 0.445. The topological polar surface area (TPSA) is 97.0 Å². The highest BCUT2D eigenvalue weighted by Gasteiger charge is 2.18. The van der Waals surface area contributed by atoms with Crippen molar-refractivity contribution in [1.29, 1.82) is 0 Å². The normalized spacial score (nSPS) is 11.2. The first-order valence-electron chi connectivity index (χ1n) is 8.54. The minimum absolute atomic E-state index is 0.267. The van der Waals surface area contributed by atoms with Crippen LogP contribution in [0.2, 0.25) is 0 Å². The Labute approximate surface area is 163 Å². The number of thiazole rings is 1. The van der Waals surface area contributed by atoms with Crippen LogP contribution in [0.1, 0.15) is 15.4 Å². The molecule has 0 unspecified atom stereocenters. The van der Waals surface area contributed by atoms with Crippen molar-refractivity contribution in [1.82, 2.24) is 15.0 Å². The van der Waals surface area contributed by atoms with Gasteiger partial charge in [0.15, 0.2) is 22.4 Å². The second-order valence-electron chi connectivity index (χ2n) is 6.15. The van der Waals surface area contributed by atoms with Crippen LogP contribution in [0, 0.1) is 6.92 Å². The number of amides is 1. The van der Waals surface area contributed by atoms with E-state index in [-0.39, 0.29) is 5.91 Å². The maximum absolute atomic E-state index is 12.7. The molecule has 8 heteroatoms. The first kappa shape index (κ1) is 16.5. The van der Waals surface area contributed by atoms with E-state index in [1.165, 1.54) is 11.3 Å². The van der Waals surface area contributed by atoms with Crippen molar-refractivity contribution in [3.63, 3.8) is 0 Å². The zero-order valence-corrected chi connectivity index (χ0v) is 15.5. The van der Waals surface area contributed by atoms with E-state index in [2.05, 4.69) is 20.3 Å². The summed E-state index contributed by atoms with van der Waals surface area (Å²) in [5, 5.41) is 3.58. The number of carbonyl (C=O) groups is 1. The molecule has 5 aromatic rings. The Hall–Kier alpha value is -3.65. The van der Waals surface area contributed by atoms with Crippen molar-refractivity contribution in [3.8, 4) is 22.4 Å². The number of rotatable bonds is 4. The molecule has 0 saturated heterocycles. The highest BCUT2D eigenvalue weighted by atomic mass is 32.1. The van der Waals surface area contributed by atoms with Crippen LogP contribution in [-0.2, 0) is 0 Å². The van der Waals surface area contributed by atoms with Gasteiger partial charge in [0.05, 0.1) is 23.6 Å². The summed E-state index contributed by atoms with van der Waals surface area (Å²) in [6.07, 6.45) is 3.18. The number of imidazole rings is 1. The summed E-state index contributed by atoms with van der Waals surface area (Å²) < 4.78 is 10.7. The standard InChI is InChI=1S/C20H14N4O3S/c1-11-17(24-20(28-11)16-5-3-9-27-16)19(25)21-12-6-7-13-14(10-12)23-18(22-13)15-4-2-8-26-15/h2-10H,1H3,(H,21,25)(H,22,23). The third-order valence-electron chi connectivity index (χ3n) is 4.24. The van der Waals surface area contributed by atoms with Crippen molar-refractivity contribution in [2.24, 2.45) is 0 Å². The van der Waals surface area contributed by atoms with Crippen LogP contribution in [0.25, 0.3) is 33.4 Å². The molecule has 0 saturated carbocycles. The number of nitrogens with zero attached hydrogens (tertiary/aromatic N) is 2. The zero-order valence-electron chi connectivity index (χ0n) is 14.7. The number of anilines is 1. The third-order valence-corrected chi connectivity index (χ3v) is 5.22. The molecule has 0 atom stereocenters. The molecule has 1 aromatic carbocycles. The van der Waals surface area contributed by atoms with Crippen LogP contribution < -0.4 is 5.32 Å². The molecule has 0 aliphatic heterocycles. The number of furan rings is 2. The Morgan fingerprint density at radius 1 is 1.07 bits per heavy atom. The molecule has 0 aliphatic carbocycles. The minimum atomic E-state index is -0.267. The molecule has 2 N–H and O–H groups in total. The van der Waals surface area contributed by atoms with Crippen LogP contribution in [0.15, 0.2) is 63.8 Å². The summed E-state index contributed by atoms with van der Waals surface area (Å²) in [6, 6.07) is 12.7. The number of benzene rings is 1. The number of nitrogens with one attached hydrogen (secondary N) is 2. The van der Waals surface area contributed by atoms with Gasteiger partial charge in [-0.1, -0.05) is 0 Å². The van der Waals surface area contributed by atoms with Gasteiger partial charge in [0.2, 0.25) is 0 Å². The molecule has 0 aliphatic rings. The Morgan fingerprint density at radius 3 is 2.61 bits per heavy atom. The van der Waals surface area contributed by atoms with Crippen LogP contribution in [-0.4, -0.2) is 20.9 Å². The molecular weight excluding hydrogens is 376 g/mol. The SMILES string of the molecule is Cc1sc(-c2ccco2)nc1C(=O)Nc1ccc2nc(-c3ccco3)[nH]c2c1. The Bertz CT molecular complexity index is 1270. The Morgan fingerprint density at radius 2 is 1.86 bits per heavy atom. The lowest BCUT2D eigenvalue weighted by molar-refractivity contribution is 0.102. The van der Waals surface area contributed by atoms with E-state index >= 15 is 0 Å². The van der Waals surface area contributed by atoms with E-state index in [0.29, 0.717) is 33.7 Å². The van der Waals surface area contributed by atoms with E-state index in [0.717, 1.165) is 15.9 Å². The monoisotopic (exact) mass is 390 g/mol. The smallest absolute Gasteiger partial charge is 0.275 e. The van der Waals surface area contributed by atoms with Gasteiger partial charge in [0.25, 0.3) is 5.91 Å². The molecule has 0 radical (unpaired) electrons. The van der Waals surface area contributed by atoms with Crippen molar-refractivity contribution in [2.45, 2.75) is 6.92 Å². The Kier molecular flexibility index (Phi) is 3.84. The number of aromatic amines is 1. The fourth-order valence-corrected chi connectivity index (χ4v) is 3.80. The van der Waals surface area contributed by atoms with E-state index in [4.69, 9.17) is 8.83 Å². The van der Waals surface area contributed by atoms with Crippen molar-refractivity contribution in [2.75, 3.05) is 5.32 Å². The van der Waals surface area contributed by atoms with E-state index < -0.39 is 0 Å². The number of carbonyl (C=O) groups excluding carboxylic acids is 1. The summed E-state index contributed by atoms with van der Waals surface area (Å²) in [4.78, 5) is 25.7.